The second-order valence-corrected chi connectivity index (χ2v) is 11.7. The molecule has 1 unspecified atom stereocenters. The van der Waals surface area contributed by atoms with Crippen LogP contribution in [0.5, 0.6) is 5.75 Å². The van der Waals surface area contributed by atoms with Crippen LogP contribution in [0.4, 0.5) is 5.69 Å². The zero-order chi connectivity index (χ0) is 27.8. The third-order valence-electron chi connectivity index (χ3n) is 5.95. The zero-order valence-corrected chi connectivity index (χ0v) is 23.9. The molecule has 2 aromatic rings. The summed E-state index contributed by atoms with van der Waals surface area (Å²) in [7, 11) is -1.96. The molecule has 2 amide bonds. The minimum absolute atomic E-state index is 0.0589. The number of methoxy groups -OCH3 is 1. The summed E-state index contributed by atoms with van der Waals surface area (Å²) >= 11 is 0. The van der Waals surface area contributed by atoms with Crippen LogP contribution in [0.15, 0.2) is 42.5 Å². The molecule has 9 heteroatoms. The van der Waals surface area contributed by atoms with Gasteiger partial charge in [0.05, 0.1) is 19.1 Å². The number of carbonyl (C=O) groups is 2. The molecule has 0 aliphatic carbocycles. The molecule has 1 N–H and O–H groups in total. The first kappa shape index (κ1) is 30.2. The number of rotatable bonds is 13. The number of nitrogens with one attached hydrogen (secondary N) is 1. The van der Waals surface area contributed by atoms with Crippen molar-refractivity contribution in [2.24, 2.45) is 0 Å². The van der Waals surface area contributed by atoms with E-state index in [4.69, 9.17) is 4.74 Å². The van der Waals surface area contributed by atoms with Crippen molar-refractivity contribution in [2.45, 2.75) is 72.5 Å². The van der Waals surface area contributed by atoms with E-state index in [0.29, 0.717) is 24.3 Å². The topological polar surface area (TPSA) is 96.0 Å². The Balaban J connectivity index is 2.26. The van der Waals surface area contributed by atoms with Gasteiger partial charge < -0.3 is 15.0 Å². The summed E-state index contributed by atoms with van der Waals surface area (Å²) in [6.07, 6.45) is 2.04. The largest absolute Gasteiger partial charge is 0.497 e. The normalized spacial score (nSPS) is 12.2. The highest BCUT2D eigenvalue weighted by atomic mass is 32.2. The Morgan fingerprint density at radius 1 is 1.05 bits per heavy atom. The van der Waals surface area contributed by atoms with E-state index in [1.807, 2.05) is 77.1 Å². The Morgan fingerprint density at radius 2 is 1.70 bits per heavy atom. The van der Waals surface area contributed by atoms with Crippen molar-refractivity contribution in [2.75, 3.05) is 24.2 Å². The van der Waals surface area contributed by atoms with Crippen molar-refractivity contribution < 1.29 is 22.7 Å². The van der Waals surface area contributed by atoms with Crippen LogP contribution in [0.3, 0.4) is 0 Å². The number of hydrogen-bond acceptors (Lipinski definition) is 5. The third-order valence-corrected chi connectivity index (χ3v) is 7.14. The Morgan fingerprint density at radius 3 is 2.24 bits per heavy atom. The summed E-state index contributed by atoms with van der Waals surface area (Å²) in [4.78, 5) is 28.1. The van der Waals surface area contributed by atoms with Gasteiger partial charge in [-0.3, -0.25) is 13.9 Å². The number of anilines is 1. The monoisotopic (exact) mass is 531 g/mol. The molecule has 0 fully saturated rings. The molecule has 1 atom stereocenters. The molecule has 8 nitrogen and oxygen atoms in total. The minimum Gasteiger partial charge on any atom is -0.497 e. The predicted molar refractivity (Wildman–Crippen MR) is 148 cm³/mol. The van der Waals surface area contributed by atoms with Crippen LogP contribution in [0.2, 0.25) is 0 Å². The number of amides is 2. The van der Waals surface area contributed by atoms with Gasteiger partial charge in [-0.05, 0) is 81.5 Å². The molecule has 0 saturated carbocycles. The predicted octanol–water partition coefficient (Wildman–Crippen LogP) is 4.19. The van der Waals surface area contributed by atoms with Gasteiger partial charge in [-0.2, -0.15) is 0 Å². The van der Waals surface area contributed by atoms with Crippen molar-refractivity contribution in [3.05, 3.63) is 59.2 Å². The average Bonchev–Trinajstić information content (AvgIpc) is 2.79. The molecule has 0 aliphatic heterocycles. The second-order valence-electron chi connectivity index (χ2n) is 9.75. The first-order valence-corrected chi connectivity index (χ1v) is 14.5. The standard InChI is InChI=1S/C28H41N3O5S/c1-8-26(28(33)29-20(2)3)30(19-23-11-9-12-25(18-23)36-6)27(32)13-10-14-31(37(7,34)35)24-16-21(4)15-22(5)17-24/h9,11-12,15-18,20,26H,8,10,13-14,19H2,1-7H3,(H,29,33). The van der Waals surface area contributed by atoms with Gasteiger partial charge in [0.25, 0.3) is 0 Å². The van der Waals surface area contributed by atoms with Crippen molar-refractivity contribution in [3.63, 3.8) is 0 Å². The quantitative estimate of drug-likeness (QED) is 0.418. The molecule has 0 saturated heterocycles. The summed E-state index contributed by atoms with van der Waals surface area (Å²) in [6, 6.07) is 12.3. The molecule has 0 aliphatic rings. The van der Waals surface area contributed by atoms with Gasteiger partial charge in [-0.25, -0.2) is 8.42 Å². The van der Waals surface area contributed by atoms with E-state index in [1.165, 1.54) is 10.6 Å². The van der Waals surface area contributed by atoms with Crippen molar-refractivity contribution in [3.8, 4) is 5.75 Å². The van der Waals surface area contributed by atoms with Crippen LogP contribution < -0.4 is 14.4 Å². The molecular weight excluding hydrogens is 490 g/mol. The molecule has 0 bridgehead atoms. The number of sulfonamides is 1. The third kappa shape index (κ3) is 9.07. The zero-order valence-electron chi connectivity index (χ0n) is 23.1. The van der Waals surface area contributed by atoms with Gasteiger partial charge in [0.15, 0.2) is 0 Å². The molecule has 0 aromatic heterocycles. The maximum Gasteiger partial charge on any atom is 0.243 e. The van der Waals surface area contributed by atoms with Gasteiger partial charge in [-0.1, -0.05) is 25.1 Å². The Labute approximate surface area is 222 Å². The van der Waals surface area contributed by atoms with Gasteiger partial charge in [0.2, 0.25) is 21.8 Å². The molecule has 0 radical (unpaired) electrons. The molecule has 0 spiro atoms. The summed E-state index contributed by atoms with van der Waals surface area (Å²) in [5, 5.41) is 2.92. The van der Waals surface area contributed by atoms with Gasteiger partial charge >= 0.3 is 0 Å². The molecule has 0 heterocycles. The van der Waals surface area contributed by atoms with Gasteiger partial charge in [-0.15, -0.1) is 0 Å². The van der Waals surface area contributed by atoms with E-state index in [0.717, 1.165) is 16.7 Å². The van der Waals surface area contributed by atoms with E-state index in [1.54, 1.807) is 12.0 Å². The number of ether oxygens (including phenoxy) is 1. The van der Waals surface area contributed by atoms with E-state index >= 15 is 0 Å². The lowest BCUT2D eigenvalue weighted by Gasteiger charge is -2.31. The fraction of sp³-hybridized carbons (Fsp3) is 0.500. The summed E-state index contributed by atoms with van der Waals surface area (Å²) in [6.45, 7) is 9.88. The first-order chi connectivity index (χ1) is 17.3. The Hall–Kier alpha value is -3.07. The first-order valence-electron chi connectivity index (χ1n) is 12.6. The van der Waals surface area contributed by atoms with Crippen LogP contribution in [-0.4, -0.2) is 57.1 Å². The van der Waals surface area contributed by atoms with Crippen molar-refractivity contribution in [1.82, 2.24) is 10.2 Å². The van der Waals surface area contributed by atoms with Gasteiger partial charge in [0.1, 0.15) is 11.8 Å². The fourth-order valence-corrected chi connectivity index (χ4v) is 5.32. The smallest absolute Gasteiger partial charge is 0.243 e. The summed E-state index contributed by atoms with van der Waals surface area (Å²) in [5.74, 6) is 0.256. The summed E-state index contributed by atoms with van der Waals surface area (Å²) in [5.41, 5.74) is 3.36. The van der Waals surface area contributed by atoms with Crippen LogP contribution in [0.1, 0.15) is 56.7 Å². The lowest BCUT2D eigenvalue weighted by Crippen LogP contribution is -2.50. The number of carbonyl (C=O) groups excluding carboxylic acids is 2. The van der Waals surface area contributed by atoms with Crippen LogP contribution in [0.25, 0.3) is 0 Å². The maximum absolute atomic E-state index is 13.5. The van der Waals surface area contributed by atoms with Crippen molar-refractivity contribution in [1.29, 1.82) is 0 Å². The van der Waals surface area contributed by atoms with E-state index < -0.39 is 16.1 Å². The Kier molecular flexibility index (Phi) is 11.0. The van der Waals surface area contributed by atoms with Crippen LogP contribution in [-0.2, 0) is 26.2 Å². The lowest BCUT2D eigenvalue weighted by molar-refractivity contribution is -0.141. The second kappa shape index (κ2) is 13.5. The maximum atomic E-state index is 13.5. The number of aryl methyl sites for hydroxylation is 2. The van der Waals surface area contributed by atoms with Crippen molar-refractivity contribution >= 4 is 27.5 Å². The fourth-order valence-electron chi connectivity index (χ4n) is 4.37. The highest BCUT2D eigenvalue weighted by Crippen LogP contribution is 2.23. The highest BCUT2D eigenvalue weighted by Gasteiger charge is 2.29. The molecule has 37 heavy (non-hydrogen) atoms. The van der Waals surface area contributed by atoms with E-state index in [-0.39, 0.29) is 37.4 Å². The lowest BCUT2D eigenvalue weighted by atomic mass is 10.1. The highest BCUT2D eigenvalue weighted by molar-refractivity contribution is 7.92. The van der Waals surface area contributed by atoms with E-state index in [9.17, 15) is 18.0 Å². The molecule has 2 aromatic carbocycles. The number of hydrogen-bond donors (Lipinski definition) is 1. The number of nitrogens with zero attached hydrogens (tertiary/aromatic N) is 2. The minimum atomic E-state index is -3.54. The van der Waals surface area contributed by atoms with E-state index in [2.05, 4.69) is 5.32 Å². The van der Waals surface area contributed by atoms with Crippen LogP contribution in [0, 0.1) is 13.8 Å². The molecule has 204 valence electrons. The van der Waals surface area contributed by atoms with Crippen LogP contribution >= 0.6 is 0 Å². The average molecular weight is 532 g/mol. The Bertz CT molecular complexity index is 1160. The number of benzene rings is 2. The summed E-state index contributed by atoms with van der Waals surface area (Å²) < 4.78 is 31.8. The molecular formula is C28H41N3O5S. The van der Waals surface area contributed by atoms with Gasteiger partial charge in [0, 0.05) is 25.6 Å². The molecule has 2 rings (SSSR count). The SMILES string of the molecule is CCC(C(=O)NC(C)C)N(Cc1cccc(OC)c1)C(=O)CCCN(c1cc(C)cc(C)c1)S(C)(=O)=O.